The van der Waals surface area contributed by atoms with E-state index < -0.39 is 5.60 Å². The lowest BCUT2D eigenvalue weighted by Crippen LogP contribution is -2.45. The highest BCUT2D eigenvalue weighted by Gasteiger charge is 2.43. The number of rotatable bonds is 3. The van der Waals surface area contributed by atoms with Gasteiger partial charge in [0.15, 0.2) is 0 Å². The molecule has 0 amide bonds. The first-order chi connectivity index (χ1) is 13.8. The first kappa shape index (κ1) is 20.5. The van der Waals surface area contributed by atoms with Crippen LogP contribution in [0.2, 0.25) is 0 Å². The maximum atomic E-state index is 10.1. The molecule has 1 aliphatic heterocycles. The van der Waals surface area contributed by atoms with Crippen LogP contribution in [0.3, 0.4) is 0 Å². The lowest BCUT2D eigenvalue weighted by molar-refractivity contribution is 0.0501. The molecule has 3 nitrogen and oxygen atoms in total. The molecular formula is C25H28BrNO2. The summed E-state index contributed by atoms with van der Waals surface area (Å²) in [6.45, 7) is 5.87. The lowest BCUT2D eigenvalue weighted by Gasteiger charge is -2.48. The monoisotopic (exact) mass is 453 g/mol. The zero-order valence-electron chi connectivity index (χ0n) is 17.1. The second-order valence-corrected chi connectivity index (χ2v) is 9.81. The maximum Gasteiger partial charge on any atom is 0.141 e. The Morgan fingerprint density at radius 2 is 1.79 bits per heavy atom. The number of benzene rings is 2. The fraction of sp³-hybridized carbons (Fsp3) is 0.440. The number of hydrogen-bond acceptors (Lipinski definition) is 3. The van der Waals surface area contributed by atoms with Crippen LogP contribution in [0.1, 0.15) is 50.7 Å². The third-order valence-corrected chi connectivity index (χ3v) is 6.78. The molecule has 2 fully saturated rings. The molecule has 1 saturated carbocycles. The molecule has 0 unspecified atom stereocenters. The summed E-state index contributed by atoms with van der Waals surface area (Å²) in [5.74, 6) is 8.84. The maximum absolute atomic E-state index is 10.1. The molecule has 0 radical (unpaired) electrons. The van der Waals surface area contributed by atoms with Gasteiger partial charge in [0, 0.05) is 11.5 Å². The van der Waals surface area contributed by atoms with Crippen molar-refractivity contribution in [3.8, 4) is 23.3 Å². The highest BCUT2D eigenvalue weighted by atomic mass is 79.9. The Hall–Kier alpha value is -1.80. The summed E-state index contributed by atoms with van der Waals surface area (Å²) in [6, 6.07) is 13.6. The Morgan fingerprint density at radius 1 is 1.10 bits per heavy atom. The van der Waals surface area contributed by atoms with Gasteiger partial charge >= 0.3 is 0 Å². The highest BCUT2D eigenvalue weighted by Crippen LogP contribution is 2.51. The van der Waals surface area contributed by atoms with E-state index in [-0.39, 0.29) is 0 Å². The summed E-state index contributed by atoms with van der Waals surface area (Å²) in [4.78, 5) is 0. The van der Waals surface area contributed by atoms with Crippen molar-refractivity contribution in [3.05, 3.63) is 58.1 Å². The fourth-order valence-corrected chi connectivity index (χ4v) is 4.80. The highest BCUT2D eigenvalue weighted by molar-refractivity contribution is 9.10. The minimum absolute atomic E-state index is 0.550. The Bertz CT molecular complexity index is 920. The minimum atomic E-state index is -0.880. The molecule has 152 valence electrons. The van der Waals surface area contributed by atoms with Gasteiger partial charge in [0.05, 0.1) is 10.1 Å². The van der Waals surface area contributed by atoms with Gasteiger partial charge in [-0.2, -0.15) is 0 Å². The normalized spacial score (nSPS) is 18.6. The number of halogens is 1. The van der Waals surface area contributed by atoms with E-state index in [1.165, 1.54) is 25.7 Å². The first-order valence-electron chi connectivity index (χ1n) is 10.4. The number of hydrogen-bond donors (Lipinski definition) is 2. The third kappa shape index (κ3) is 4.86. The van der Waals surface area contributed by atoms with E-state index in [0.717, 1.165) is 40.2 Å². The standard InChI is InChI=1S/C25H28BrNO2/c1-24(2,28)20-7-10-23(22(26)15-20)29-21-8-5-18(6-9-21)3-4-19-16-25(17-19)11-13-27-14-12-25/h5-10,15,19,27-28H,11-14,16-17H2,1-2H3. The molecule has 1 spiro atoms. The smallest absolute Gasteiger partial charge is 0.141 e. The summed E-state index contributed by atoms with van der Waals surface area (Å²) in [7, 11) is 0. The zero-order valence-corrected chi connectivity index (χ0v) is 18.7. The summed E-state index contributed by atoms with van der Waals surface area (Å²) in [5, 5.41) is 13.6. The van der Waals surface area contributed by atoms with Crippen LogP contribution in [0.15, 0.2) is 46.9 Å². The molecule has 29 heavy (non-hydrogen) atoms. The summed E-state index contributed by atoms with van der Waals surface area (Å²) >= 11 is 3.53. The molecule has 2 N–H and O–H groups in total. The largest absolute Gasteiger partial charge is 0.456 e. The van der Waals surface area contributed by atoms with Gasteiger partial charge in [-0.1, -0.05) is 17.9 Å². The lowest BCUT2D eigenvalue weighted by atomic mass is 9.58. The Kier molecular flexibility index (Phi) is 5.75. The van der Waals surface area contributed by atoms with Gasteiger partial charge in [-0.3, -0.25) is 0 Å². The molecule has 1 aliphatic carbocycles. The van der Waals surface area contributed by atoms with Crippen molar-refractivity contribution in [2.75, 3.05) is 13.1 Å². The van der Waals surface area contributed by atoms with Crippen LogP contribution in [0, 0.1) is 23.2 Å². The molecular weight excluding hydrogens is 426 g/mol. The van der Waals surface area contributed by atoms with Crippen molar-refractivity contribution in [2.45, 2.75) is 45.1 Å². The number of aliphatic hydroxyl groups is 1. The van der Waals surface area contributed by atoms with Gasteiger partial charge in [0.25, 0.3) is 0 Å². The van der Waals surface area contributed by atoms with Crippen molar-refractivity contribution in [2.24, 2.45) is 11.3 Å². The molecule has 4 rings (SSSR count). The van der Waals surface area contributed by atoms with Crippen molar-refractivity contribution in [1.82, 2.24) is 5.32 Å². The van der Waals surface area contributed by atoms with Crippen LogP contribution in [-0.2, 0) is 5.60 Å². The number of ether oxygens (including phenoxy) is 1. The van der Waals surface area contributed by atoms with Crippen molar-refractivity contribution >= 4 is 15.9 Å². The minimum Gasteiger partial charge on any atom is -0.456 e. The van der Waals surface area contributed by atoms with Crippen molar-refractivity contribution < 1.29 is 9.84 Å². The molecule has 0 bridgehead atoms. The number of nitrogens with one attached hydrogen (secondary N) is 1. The molecule has 0 aromatic heterocycles. The fourth-order valence-electron chi connectivity index (χ4n) is 4.34. The van der Waals surface area contributed by atoms with Gasteiger partial charge in [-0.25, -0.2) is 0 Å². The Balaban J connectivity index is 1.36. The number of piperidine rings is 1. The molecule has 2 aromatic rings. The first-order valence-corrected chi connectivity index (χ1v) is 11.1. The van der Waals surface area contributed by atoms with Crippen molar-refractivity contribution in [3.63, 3.8) is 0 Å². The van der Waals surface area contributed by atoms with E-state index in [1.807, 2.05) is 42.5 Å². The molecule has 0 atom stereocenters. The topological polar surface area (TPSA) is 41.5 Å². The summed E-state index contributed by atoms with van der Waals surface area (Å²) in [6.07, 6.45) is 5.14. The van der Waals surface area contributed by atoms with Crippen molar-refractivity contribution in [1.29, 1.82) is 0 Å². The van der Waals surface area contributed by atoms with Crippen LogP contribution < -0.4 is 10.1 Å². The summed E-state index contributed by atoms with van der Waals surface area (Å²) in [5.41, 5.74) is 1.57. The van der Waals surface area contributed by atoms with E-state index >= 15 is 0 Å². The molecule has 1 heterocycles. The van der Waals surface area contributed by atoms with Crippen LogP contribution in [0.4, 0.5) is 0 Å². The molecule has 2 aromatic carbocycles. The predicted molar refractivity (Wildman–Crippen MR) is 120 cm³/mol. The van der Waals surface area contributed by atoms with Crippen LogP contribution >= 0.6 is 15.9 Å². The average molecular weight is 454 g/mol. The van der Waals surface area contributed by atoms with Gasteiger partial charge in [0.2, 0.25) is 0 Å². The second-order valence-electron chi connectivity index (χ2n) is 8.96. The molecule has 1 saturated heterocycles. The molecule has 4 heteroatoms. The average Bonchev–Trinajstić information content (AvgIpc) is 2.67. The van der Waals surface area contributed by atoms with E-state index in [4.69, 9.17) is 4.74 Å². The van der Waals surface area contributed by atoms with E-state index in [9.17, 15) is 5.11 Å². The van der Waals surface area contributed by atoms with E-state index in [2.05, 4.69) is 33.1 Å². The molecule has 2 aliphatic rings. The van der Waals surface area contributed by atoms with E-state index in [1.54, 1.807) is 13.8 Å². The Labute approximate surface area is 182 Å². The zero-order chi connectivity index (χ0) is 20.5. The van der Waals surface area contributed by atoms with Crippen LogP contribution in [0.25, 0.3) is 0 Å². The SMILES string of the molecule is CC(C)(O)c1ccc(Oc2ccc(C#CC3CC4(CCNCC4)C3)cc2)c(Br)c1. The summed E-state index contributed by atoms with van der Waals surface area (Å²) < 4.78 is 6.80. The van der Waals surface area contributed by atoms with Crippen LogP contribution in [-0.4, -0.2) is 18.2 Å². The third-order valence-electron chi connectivity index (χ3n) is 6.16. The van der Waals surface area contributed by atoms with Crippen LogP contribution in [0.5, 0.6) is 11.5 Å². The second kappa shape index (κ2) is 8.14. The Morgan fingerprint density at radius 3 is 2.41 bits per heavy atom. The van der Waals surface area contributed by atoms with Gasteiger partial charge < -0.3 is 15.2 Å². The van der Waals surface area contributed by atoms with Gasteiger partial charge in [-0.05, 0) is 116 Å². The quantitative estimate of drug-likeness (QED) is 0.594. The van der Waals surface area contributed by atoms with Gasteiger partial charge in [-0.15, -0.1) is 0 Å². The van der Waals surface area contributed by atoms with E-state index in [0.29, 0.717) is 11.3 Å². The van der Waals surface area contributed by atoms with Gasteiger partial charge in [0.1, 0.15) is 11.5 Å². The predicted octanol–water partition coefficient (Wildman–Crippen LogP) is 5.60.